The summed E-state index contributed by atoms with van der Waals surface area (Å²) in [4.78, 5) is 18.6. The van der Waals surface area contributed by atoms with Crippen LogP contribution in [0.5, 0.6) is 5.75 Å². The number of anilines is 1. The number of rotatable bonds is 8. The van der Waals surface area contributed by atoms with E-state index in [2.05, 4.69) is 65.5 Å². The molecular formula is C23H33N3O2S. The molecule has 0 spiro atoms. The van der Waals surface area contributed by atoms with E-state index in [4.69, 9.17) is 4.74 Å². The first kappa shape index (κ1) is 21.7. The highest BCUT2D eigenvalue weighted by atomic mass is 32.1. The summed E-state index contributed by atoms with van der Waals surface area (Å²) < 4.78 is 5.27. The number of piperazine rings is 1. The second-order valence-electron chi connectivity index (χ2n) is 8.14. The first-order valence-corrected chi connectivity index (χ1v) is 11.3. The number of nitrogens with one attached hydrogen (secondary N) is 1. The van der Waals surface area contributed by atoms with Gasteiger partial charge in [-0.2, -0.15) is 0 Å². The Balaban J connectivity index is 1.65. The molecule has 2 aromatic rings. The van der Waals surface area contributed by atoms with Crippen LogP contribution in [0, 0.1) is 5.92 Å². The predicted octanol–water partition coefficient (Wildman–Crippen LogP) is 4.17. The highest BCUT2D eigenvalue weighted by molar-refractivity contribution is 7.10. The van der Waals surface area contributed by atoms with Gasteiger partial charge in [-0.1, -0.05) is 19.9 Å². The Kier molecular flexibility index (Phi) is 7.56. The van der Waals surface area contributed by atoms with Gasteiger partial charge in [-0.3, -0.25) is 9.69 Å². The zero-order valence-electron chi connectivity index (χ0n) is 17.9. The summed E-state index contributed by atoms with van der Waals surface area (Å²) >= 11 is 1.77. The number of thiophene rings is 1. The van der Waals surface area contributed by atoms with Crippen LogP contribution in [0.25, 0.3) is 0 Å². The van der Waals surface area contributed by atoms with E-state index in [1.807, 2.05) is 12.1 Å². The maximum absolute atomic E-state index is 12.4. The molecular weight excluding hydrogens is 382 g/mol. The van der Waals surface area contributed by atoms with Crippen molar-refractivity contribution >= 4 is 22.9 Å². The molecule has 1 aromatic heterocycles. The largest absolute Gasteiger partial charge is 0.497 e. The molecule has 1 aliphatic heterocycles. The second kappa shape index (κ2) is 10.1. The van der Waals surface area contributed by atoms with E-state index in [-0.39, 0.29) is 18.0 Å². The van der Waals surface area contributed by atoms with Crippen LogP contribution in [-0.4, -0.2) is 50.1 Å². The smallest absolute Gasteiger partial charge is 0.220 e. The number of benzene rings is 1. The molecule has 1 amide bonds. The van der Waals surface area contributed by atoms with E-state index >= 15 is 0 Å². The van der Waals surface area contributed by atoms with E-state index in [0.29, 0.717) is 12.3 Å². The average Bonchev–Trinajstić information content (AvgIpc) is 3.22. The molecule has 2 heterocycles. The van der Waals surface area contributed by atoms with Gasteiger partial charge in [0.15, 0.2) is 0 Å². The Labute approximate surface area is 178 Å². The van der Waals surface area contributed by atoms with Crippen LogP contribution in [0.15, 0.2) is 41.8 Å². The van der Waals surface area contributed by atoms with Crippen molar-refractivity contribution in [1.29, 1.82) is 0 Å². The Morgan fingerprint density at radius 1 is 1.10 bits per heavy atom. The Bertz CT molecular complexity index is 753. The molecule has 29 heavy (non-hydrogen) atoms. The van der Waals surface area contributed by atoms with Crippen LogP contribution >= 0.6 is 11.3 Å². The van der Waals surface area contributed by atoms with Gasteiger partial charge in [-0.05, 0) is 48.6 Å². The lowest BCUT2D eigenvalue weighted by Gasteiger charge is -2.42. The lowest BCUT2D eigenvalue weighted by atomic mass is 10.0. The molecule has 3 rings (SSSR count). The third kappa shape index (κ3) is 5.73. The van der Waals surface area contributed by atoms with Crippen molar-refractivity contribution in [3.05, 3.63) is 46.7 Å². The van der Waals surface area contributed by atoms with Gasteiger partial charge in [0.2, 0.25) is 5.91 Å². The molecule has 5 nitrogen and oxygen atoms in total. The van der Waals surface area contributed by atoms with Crippen molar-refractivity contribution in [2.45, 2.75) is 39.3 Å². The molecule has 1 aromatic carbocycles. The normalized spacial score (nSPS) is 17.2. The Morgan fingerprint density at radius 3 is 2.34 bits per heavy atom. The molecule has 0 radical (unpaired) electrons. The molecule has 0 aliphatic carbocycles. The van der Waals surface area contributed by atoms with Crippen LogP contribution in [0.3, 0.4) is 0 Å². The molecule has 1 N–H and O–H groups in total. The van der Waals surface area contributed by atoms with Crippen molar-refractivity contribution in [1.82, 2.24) is 10.2 Å². The molecule has 1 saturated heterocycles. The lowest BCUT2D eigenvalue weighted by Crippen LogP contribution is -2.52. The van der Waals surface area contributed by atoms with Gasteiger partial charge < -0.3 is 15.0 Å². The maximum atomic E-state index is 12.4. The molecule has 0 unspecified atom stereocenters. The molecule has 0 bridgehead atoms. The van der Waals surface area contributed by atoms with E-state index in [9.17, 15) is 4.79 Å². The van der Waals surface area contributed by atoms with Crippen molar-refractivity contribution in [3.8, 4) is 5.75 Å². The quantitative estimate of drug-likeness (QED) is 0.703. The number of carbonyl (C=O) groups is 1. The summed E-state index contributed by atoms with van der Waals surface area (Å²) in [7, 11) is 1.69. The van der Waals surface area contributed by atoms with E-state index in [1.54, 1.807) is 18.4 Å². The molecule has 1 fully saturated rings. The number of hydrogen-bond acceptors (Lipinski definition) is 5. The zero-order valence-corrected chi connectivity index (χ0v) is 18.7. The molecule has 6 heteroatoms. The van der Waals surface area contributed by atoms with Gasteiger partial charge >= 0.3 is 0 Å². The van der Waals surface area contributed by atoms with Crippen LogP contribution in [0.2, 0.25) is 0 Å². The van der Waals surface area contributed by atoms with Crippen LogP contribution < -0.4 is 15.0 Å². The Hall–Kier alpha value is -2.05. The van der Waals surface area contributed by atoms with Gasteiger partial charge in [0.05, 0.1) is 13.2 Å². The fourth-order valence-corrected chi connectivity index (χ4v) is 4.98. The van der Waals surface area contributed by atoms with Gasteiger partial charge in [-0.25, -0.2) is 0 Å². The highest BCUT2D eigenvalue weighted by Gasteiger charge is 2.31. The first-order valence-electron chi connectivity index (χ1n) is 10.4. The summed E-state index contributed by atoms with van der Waals surface area (Å²) in [6.45, 7) is 10.2. The van der Waals surface area contributed by atoms with E-state index < -0.39 is 0 Å². The van der Waals surface area contributed by atoms with Gasteiger partial charge in [0.25, 0.3) is 0 Å². The minimum atomic E-state index is 0.0763. The topological polar surface area (TPSA) is 44.8 Å². The third-order valence-electron chi connectivity index (χ3n) is 5.44. The fraction of sp³-hybridized carbons (Fsp3) is 0.522. The summed E-state index contributed by atoms with van der Waals surface area (Å²) in [5, 5.41) is 5.37. The maximum Gasteiger partial charge on any atom is 0.220 e. The predicted molar refractivity (Wildman–Crippen MR) is 121 cm³/mol. The SMILES string of the molecule is COc1ccc(N2CCN([C@@H](c3cccs3)[C@@H](C)NC(=O)CC(C)C)CC2)cc1. The number of hydrogen-bond donors (Lipinski definition) is 1. The molecule has 2 atom stereocenters. The number of ether oxygens (including phenoxy) is 1. The number of carbonyl (C=O) groups excluding carboxylic acids is 1. The zero-order chi connectivity index (χ0) is 20.8. The summed E-state index contributed by atoms with van der Waals surface area (Å²) in [6, 6.07) is 12.9. The van der Waals surface area contributed by atoms with Crippen LogP contribution in [-0.2, 0) is 4.79 Å². The van der Waals surface area contributed by atoms with Gasteiger partial charge in [0, 0.05) is 49.2 Å². The third-order valence-corrected chi connectivity index (χ3v) is 6.38. The number of nitrogens with zero attached hydrogens (tertiary/aromatic N) is 2. The van der Waals surface area contributed by atoms with Crippen molar-refractivity contribution in [2.24, 2.45) is 5.92 Å². The van der Waals surface area contributed by atoms with Crippen molar-refractivity contribution < 1.29 is 9.53 Å². The minimum Gasteiger partial charge on any atom is -0.497 e. The average molecular weight is 416 g/mol. The fourth-order valence-electron chi connectivity index (χ4n) is 4.02. The first-order chi connectivity index (χ1) is 14.0. The van der Waals surface area contributed by atoms with E-state index in [0.717, 1.165) is 31.9 Å². The Morgan fingerprint density at radius 2 is 1.79 bits per heavy atom. The van der Waals surface area contributed by atoms with E-state index in [1.165, 1.54) is 10.6 Å². The highest BCUT2D eigenvalue weighted by Crippen LogP contribution is 2.30. The van der Waals surface area contributed by atoms with Crippen molar-refractivity contribution in [2.75, 3.05) is 38.2 Å². The van der Waals surface area contributed by atoms with Crippen LogP contribution in [0.4, 0.5) is 5.69 Å². The van der Waals surface area contributed by atoms with Gasteiger partial charge in [0.1, 0.15) is 5.75 Å². The monoisotopic (exact) mass is 415 g/mol. The van der Waals surface area contributed by atoms with Gasteiger partial charge in [-0.15, -0.1) is 11.3 Å². The number of methoxy groups -OCH3 is 1. The summed E-state index contributed by atoms with van der Waals surface area (Å²) in [6.07, 6.45) is 0.576. The lowest BCUT2D eigenvalue weighted by molar-refractivity contribution is -0.122. The number of amides is 1. The summed E-state index contributed by atoms with van der Waals surface area (Å²) in [5.74, 6) is 1.40. The minimum absolute atomic E-state index is 0.0763. The summed E-state index contributed by atoms with van der Waals surface area (Å²) in [5.41, 5.74) is 1.23. The molecule has 0 saturated carbocycles. The molecule has 1 aliphatic rings. The molecule has 158 valence electrons. The second-order valence-corrected chi connectivity index (χ2v) is 9.11. The standard InChI is InChI=1S/C23H33N3O2S/c1-17(2)16-22(27)24-18(3)23(21-6-5-15-29-21)26-13-11-25(12-14-26)19-7-9-20(28-4)10-8-19/h5-10,15,17-18,23H,11-14,16H2,1-4H3,(H,24,27)/t18-,23-/m1/s1. The van der Waals surface area contributed by atoms with Crippen molar-refractivity contribution in [3.63, 3.8) is 0 Å². The van der Waals surface area contributed by atoms with Crippen LogP contribution in [0.1, 0.15) is 38.1 Å².